The summed E-state index contributed by atoms with van der Waals surface area (Å²) in [7, 11) is 0. The Balaban J connectivity index is 1.72. The van der Waals surface area contributed by atoms with Gasteiger partial charge in [-0.15, -0.1) is 0 Å². The van der Waals surface area contributed by atoms with Crippen LogP contribution in [0.1, 0.15) is 22.0 Å². The fourth-order valence-electron chi connectivity index (χ4n) is 2.98. The summed E-state index contributed by atoms with van der Waals surface area (Å²) in [5.74, 6) is -0.767. The van der Waals surface area contributed by atoms with Crippen LogP contribution in [0.5, 0.6) is 0 Å². The normalized spacial score (nSPS) is 16.4. The van der Waals surface area contributed by atoms with Crippen molar-refractivity contribution in [2.45, 2.75) is 6.04 Å². The van der Waals surface area contributed by atoms with Gasteiger partial charge in [-0.2, -0.15) is 0 Å². The average Bonchev–Trinajstić information content (AvgIpc) is 2.63. The third-order valence-corrected chi connectivity index (χ3v) is 4.62. The van der Waals surface area contributed by atoms with E-state index in [1.165, 1.54) is 12.1 Å². The number of halogens is 2. The van der Waals surface area contributed by atoms with E-state index in [1.807, 2.05) is 18.2 Å². The minimum Gasteiger partial charge on any atom is -0.379 e. The number of hydrogen-bond acceptors (Lipinski definition) is 3. The zero-order chi connectivity index (χ0) is 17.6. The van der Waals surface area contributed by atoms with Gasteiger partial charge in [0.1, 0.15) is 5.82 Å². The van der Waals surface area contributed by atoms with Gasteiger partial charge in [0.25, 0.3) is 5.91 Å². The number of morpholine rings is 1. The lowest BCUT2D eigenvalue weighted by Crippen LogP contribution is -2.43. The maximum absolute atomic E-state index is 13.2. The Hall–Kier alpha value is -1.95. The lowest BCUT2D eigenvalue weighted by atomic mass is 10.0. The lowest BCUT2D eigenvalue weighted by molar-refractivity contribution is 0.0162. The Kier molecular flexibility index (Phi) is 6.02. The van der Waals surface area contributed by atoms with Crippen molar-refractivity contribution in [1.29, 1.82) is 0 Å². The first-order valence-electron chi connectivity index (χ1n) is 8.25. The van der Waals surface area contributed by atoms with Crippen LogP contribution in [-0.4, -0.2) is 43.7 Å². The number of hydrogen-bond donors (Lipinski definition) is 1. The molecule has 1 unspecified atom stereocenters. The summed E-state index contributed by atoms with van der Waals surface area (Å²) in [6.45, 7) is 3.43. The van der Waals surface area contributed by atoms with E-state index in [-0.39, 0.29) is 22.5 Å². The zero-order valence-electron chi connectivity index (χ0n) is 13.8. The largest absolute Gasteiger partial charge is 0.379 e. The van der Waals surface area contributed by atoms with Gasteiger partial charge in [0.05, 0.1) is 29.8 Å². The Bertz CT molecular complexity index is 721. The summed E-state index contributed by atoms with van der Waals surface area (Å²) in [5, 5.41) is 3.04. The molecule has 0 radical (unpaired) electrons. The van der Waals surface area contributed by atoms with Gasteiger partial charge < -0.3 is 10.1 Å². The second kappa shape index (κ2) is 8.43. The molecule has 1 aliphatic rings. The van der Waals surface area contributed by atoms with Gasteiger partial charge in [-0.25, -0.2) is 4.39 Å². The molecule has 2 aromatic rings. The van der Waals surface area contributed by atoms with Crippen molar-refractivity contribution in [3.8, 4) is 0 Å². The molecule has 0 aromatic heterocycles. The molecule has 0 spiro atoms. The Morgan fingerprint density at radius 3 is 2.60 bits per heavy atom. The number of ether oxygens (including phenoxy) is 1. The molecule has 4 nitrogen and oxygen atoms in total. The van der Waals surface area contributed by atoms with E-state index in [9.17, 15) is 9.18 Å². The molecule has 25 heavy (non-hydrogen) atoms. The van der Waals surface area contributed by atoms with E-state index in [0.29, 0.717) is 19.8 Å². The number of carbonyl (C=O) groups is 1. The van der Waals surface area contributed by atoms with Crippen LogP contribution in [0.2, 0.25) is 5.02 Å². The average molecular weight is 363 g/mol. The van der Waals surface area contributed by atoms with E-state index < -0.39 is 5.82 Å². The molecular formula is C19H20ClFN2O2. The second-order valence-electron chi connectivity index (χ2n) is 5.91. The van der Waals surface area contributed by atoms with Gasteiger partial charge in [-0.3, -0.25) is 9.69 Å². The molecule has 1 atom stereocenters. The molecule has 1 saturated heterocycles. The van der Waals surface area contributed by atoms with Crippen LogP contribution < -0.4 is 5.32 Å². The van der Waals surface area contributed by atoms with Crippen LogP contribution in [0.4, 0.5) is 4.39 Å². The van der Waals surface area contributed by atoms with Crippen LogP contribution >= 0.6 is 11.6 Å². The van der Waals surface area contributed by atoms with Gasteiger partial charge in [-0.05, 0) is 23.8 Å². The highest BCUT2D eigenvalue weighted by Gasteiger charge is 2.23. The van der Waals surface area contributed by atoms with E-state index in [1.54, 1.807) is 0 Å². The molecule has 0 saturated carbocycles. The maximum Gasteiger partial charge on any atom is 0.252 e. The Morgan fingerprint density at radius 1 is 1.20 bits per heavy atom. The molecule has 0 bridgehead atoms. The molecule has 132 valence electrons. The monoisotopic (exact) mass is 362 g/mol. The minimum atomic E-state index is -0.461. The first-order valence-corrected chi connectivity index (χ1v) is 8.63. The molecule has 0 aliphatic carbocycles. The standard InChI is InChI=1S/C19H20ClFN2O2/c20-17-12-15(21)6-7-16(17)19(24)22-13-18(14-4-2-1-3-5-14)23-8-10-25-11-9-23/h1-7,12,18H,8-11,13H2,(H,22,24). The molecular weight excluding hydrogens is 343 g/mol. The van der Waals surface area contributed by atoms with Crippen molar-refractivity contribution in [3.63, 3.8) is 0 Å². The van der Waals surface area contributed by atoms with E-state index in [0.717, 1.165) is 24.7 Å². The highest BCUT2D eigenvalue weighted by atomic mass is 35.5. The number of rotatable bonds is 5. The van der Waals surface area contributed by atoms with E-state index >= 15 is 0 Å². The summed E-state index contributed by atoms with van der Waals surface area (Å²) in [5.41, 5.74) is 1.41. The predicted molar refractivity (Wildman–Crippen MR) is 95.3 cm³/mol. The van der Waals surface area contributed by atoms with Crippen LogP contribution in [0, 0.1) is 5.82 Å². The summed E-state index contributed by atoms with van der Waals surface area (Å²) >= 11 is 5.98. The number of amides is 1. The van der Waals surface area contributed by atoms with Crippen LogP contribution in [0.15, 0.2) is 48.5 Å². The van der Waals surface area contributed by atoms with Gasteiger partial charge >= 0.3 is 0 Å². The molecule has 1 amide bonds. The summed E-state index contributed by atoms with van der Waals surface area (Å²) < 4.78 is 18.6. The van der Waals surface area contributed by atoms with Crippen molar-refractivity contribution < 1.29 is 13.9 Å². The lowest BCUT2D eigenvalue weighted by Gasteiger charge is -2.35. The predicted octanol–water partition coefficient (Wildman–Crippen LogP) is 3.28. The van der Waals surface area contributed by atoms with Gasteiger partial charge in [0, 0.05) is 19.6 Å². The number of benzene rings is 2. The molecule has 6 heteroatoms. The third kappa shape index (κ3) is 4.57. The molecule has 1 heterocycles. The molecule has 1 fully saturated rings. The zero-order valence-corrected chi connectivity index (χ0v) is 14.5. The fraction of sp³-hybridized carbons (Fsp3) is 0.316. The fourth-order valence-corrected chi connectivity index (χ4v) is 3.23. The first-order chi connectivity index (χ1) is 12.1. The summed E-state index contributed by atoms with van der Waals surface area (Å²) in [4.78, 5) is 14.7. The topological polar surface area (TPSA) is 41.6 Å². The maximum atomic E-state index is 13.2. The number of nitrogens with zero attached hydrogens (tertiary/aromatic N) is 1. The summed E-state index contributed by atoms with van der Waals surface area (Å²) in [6, 6.07) is 13.9. The third-order valence-electron chi connectivity index (χ3n) is 4.30. The van der Waals surface area contributed by atoms with Crippen molar-refractivity contribution in [2.24, 2.45) is 0 Å². The number of nitrogens with one attached hydrogen (secondary N) is 1. The van der Waals surface area contributed by atoms with Crippen molar-refractivity contribution in [2.75, 3.05) is 32.8 Å². The van der Waals surface area contributed by atoms with Gasteiger partial charge in [0.2, 0.25) is 0 Å². The smallest absolute Gasteiger partial charge is 0.252 e. The highest BCUT2D eigenvalue weighted by Crippen LogP contribution is 2.22. The highest BCUT2D eigenvalue weighted by molar-refractivity contribution is 6.33. The molecule has 1 aliphatic heterocycles. The van der Waals surface area contributed by atoms with Crippen molar-refractivity contribution in [3.05, 3.63) is 70.5 Å². The van der Waals surface area contributed by atoms with Crippen molar-refractivity contribution in [1.82, 2.24) is 10.2 Å². The van der Waals surface area contributed by atoms with Gasteiger partial charge in [-0.1, -0.05) is 41.9 Å². The molecule has 3 rings (SSSR count). The Labute approximate surface area is 151 Å². The SMILES string of the molecule is O=C(NCC(c1ccccc1)N1CCOCC1)c1ccc(F)cc1Cl. The second-order valence-corrected chi connectivity index (χ2v) is 6.32. The first kappa shape index (κ1) is 17.9. The van der Waals surface area contributed by atoms with E-state index in [4.69, 9.17) is 16.3 Å². The molecule has 1 N–H and O–H groups in total. The minimum absolute atomic E-state index is 0.0493. The Morgan fingerprint density at radius 2 is 1.92 bits per heavy atom. The van der Waals surface area contributed by atoms with Crippen LogP contribution in [0.3, 0.4) is 0 Å². The van der Waals surface area contributed by atoms with Crippen LogP contribution in [0.25, 0.3) is 0 Å². The van der Waals surface area contributed by atoms with Crippen molar-refractivity contribution >= 4 is 17.5 Å². The number of carbonyl (C=O) groups excluding carboxylic acids is 1. The van der Waals surface area contributed by atoms with E-state index in [2.05, 4.69) is 22.3 Å². The van der Waals surface area contributed by atoms with Crippen LogP contribution in [-0.2, 0) is 4.74 Å². The summed E-state index contributed by atoms with van der Waals surface area (Å²) in [6.07, 6.45) is 0. The quantitative estimate of drug-likeness (QED) is 0.887. The van der Waals surface area contributed by atoms with Gasteiger partial charge in [0.15, 0.2) is 0 Å². The molecule has 2 aromatic carbocycles.